The molecule has 0 fully saturated rings. The van der Waals surface area contributed by atoms with E-state index in [2.05, 4.69) is 15.1 Å². The minimum absolute atomic E-state index is 0.0921. The zero-order valence-corrected chi connectivity index (χ0v) is 9.69. The van der Waals surface area contributed by atoms with Gasteiger partial charge < -0.3 is 10.8 Å². The molecule has 7 heteroatoms. The Bertz CT molecular complexity index is 766. The second-order valence-corrected chi connectivity index (χ2v) is 3.89. The van der Waals surface area contributed by atoms with Crippen LogP contribution in [0.4, 0.5) is 5.95 Å². The van der Waals surface area contributed by atoms with Crippen molar-refractivity contribution in [1.29, 1.82) is 0 Å². The average Bonchev–Trinajstić information content (AvgIpc) is 2.77. The lowest BCUT2D eigenvalue weighted by atomic mass is 10.1. The molecule has 3 N–H and O–H groups in total. The Morgan fingerprint density at radius 2 is 2.21 bits per heavy atom. The number of pyridine rings is 2. The highest BCUT2D eigenvalue weighted by Gasteiger charge is 2.15. The van der Waals surface area contributed by atoms with Gasteiger partial charge in [-0.15, -0.1) is 5.10 Å². The number of fused-ring (bicyclic) bond motifs is 1. The summed E-state index contributed by atoms with van der Waals surface area (Å²) in [6.07, 6.45) is 3.16. The molecule has 3 rings (SSSR count). The normalized spacial score (nSPS) is 10.7. The van der Waals surface area contributed by atoms with Crippen LogP contribution in [-0.2, 0) is 0 Å². The second-order valence-electron chi connectivity index (χ2n) is 3.89. The van der Waals surface area contributed by atoms with E-state index in [1.54, 1.807) is 30.6 Å². The summed E-state index contributed by atoms with van der Waals surface area (Å²) in [5.41, 5.74) is 7.01. The monoisotopic (exact) mass is 255 g/mol. The Labute approximate surface area is 107 Å². The molecule has 0 aliphatic heterocycles. The lowest BCUT2D eigenvalue weighted by Crippen LogP contribution is -2.03. The molecular weight excluding hydrogens is 246 g/mol. The number of nitrogens with zero attached hydrogens (tertiary/aromatic N) is 4. The summed E-state index contributed by atoms with van der Waals surface area (Å²) in [5, 5.41) is 13.2. The number of hydrogen-bond donors (Lipinski definition) is 2. The van der Waals surface area contributed by atoms with Crippen molar-refractivity contribution in [2.24, 2.45) is 0 Å². The number of hydrogen-bond acceptors (Lipinski definition) is 5. The topological polar surface area (TPSA) is 106 Å². The van der Waals surface area contributed by atoms with E-state index in [9.17, 15) is 9.90 Å². The summed E-state index contributed by atoms with van der Waals surface area (Å²) < 4.78 is 1.44. The van der Waals surface area contributed by atoms with Crippen LogP contribution in [0.25, 0.3) is 16.9 Å². The molecule has 0 spiro atoms. The molecule has 0 aromatic carbocycles. The van der Waals surface area contributed by atoms with Gasteiger partial charge in [-0.05, 0) is 18.2 Å². The SMILES string of the molecule is Nc1nc2cc(C(=O)O)c(-c3ccccn3)cn2n1. The van der Waals surface area contributed by atoms with Gasteiger partial charge in [-0.1, -0.05) is 6.07 Å². The Morgan fingerprint density at radius 3 is 2.89 bits per heavy atom. The molecule has 3 aromatic rings. The van der Waals surface area contributed by atoms with Crippen LogP contribution in [-0.4, -0.2) is 30.7 Å². The van der Waals surface area contributed by atoms with Gasteiger partial charge in [0.25, 0.3) is 0 Å². The third kappa shape index (κ3) is 1.86. The number of rotatable bonds is 2. The fourth-order valence-corrected chi connectivity index (χ4v) is 1.85. The highest BCUT2D eigenvalue weighted by atomic mass is 16.4. The van der Waals surface area contributed by atoms with E-state index in [0.717, 1.165) is 0 Å². The van der Waals surface area contributed by atoms with Crippen LogP contribution in [0.5, 0.6) is 0 Å². The van der Waals surface area contributed by atoms with Crippen LogP contribution < -0.4 is 5.73 Å². The summed E-state index contributed by atoms with van der Waals surface area (Å²) in [5.74, 6) is -0.959. The number of nitrogens with two attached hydrogens (primary N) is 1. The molecule has 3 aromatic heterocycles. The van der Waals surface area contributed by atoms with Gasteiger partial charge >= 0.3 is 5.97 Å². The molecule has 0 aliphatic carbocycles. The third-order valence-corrected chi connectivity index (χ3v) is 2.66. The number of anilines is 1. The Balaban J connectivity index is 2.32. The van der Waals surface area contributed by atoms with Gasteiger partial charge in [-0.3, -0.25) is 4.98 Å². The zero-order chi connectivity index (χ0) is 13.4. The molecule has 19 heavy (non-hydrogen) atoms. The first-order valence-electron chi connectivity index (χ1n) is 5.46. The third-order valence-electron chi connectivity index (χ3n) is 2.66. The van der Waals surface area contributed by atoms with Gasteiger partial charge in [0.2, 0.25) is 5.95 Å². The fraction of sp³-hybridized carbons (Fsp3) is 0. The zero-order valence-electron chi connectivity index (χ0n) is 9.69. The standard InChI is InChI=1S/C12H9N5O2/c13-12-15-10-5-7(11(18)19)8(6-17(10)16-12)9-3-1-2-4-14-9/h1-6H,(H2,13,16)(H,18,19). The Kier molecular flexibility index (Phi) is 2.38. The van der Waals surface area contributed by atoms with Crippen LogP contribution in [0.15, 0.2) is 36.7 Å². The van der Waals surface area contributed by atoms with Crippen LogP contribution in [0, 0.1) is 0 Å². The van der Waals surface area contributed by atoms with E-state index < -0.39 is 5.97 Å². The summed E-state index contributed by atoms with van der Waals surface area (Å²) in [7, 11) is 0. The molecule has 0 bridgehead atoms. The Morgan fingerprint density at radius 1 is 1.37 bits per heavy atom. The molecule has 0 saturated carbocycles. The Hall–Kier alpha value is -2.96. The van der Waals surface area contributed by atoms with Gasteiger partial charge in [0.05, 0.1) is 11.3 Å². The quantitative estimate of drug-likeness (QED) is 0.709. The van der Waals surface area contributed by atoms with Crippen LogP contribution in [0.3, 0.4) is 0 Å². The number of carboxylic acids is 1. The lowest BCUT2D eigenvalue weighted by Gasteiger charge is -2.05. The molecule has 0 unspecified atom stereocenters. The maximum absolute atomic E-state index is 11.3. The van der Waals surface area contributed by atoms with Gasteiger partial charge in [0.1, 0.15) is 0 Å². The van der Waals surface area contributed by atoms with Crippen molar-refractivity contribution < 1.29 is 9.90 Å². The molecule has 0 aliphatic rings. The van der Waals surface area contributed by atoms with Crippen molar-refractivity contribution in [2.75, 3.05) is 5.73 Å². The summed E-state index contributed by atoms with van der Waals surface area (Å²) in [6, 6.07) is 6.70. The van der Waals surface area contributed by atoms with E-state index in [1.807, 2.05) is 0 Å². The molecule has 0 atom stereocenters. The summed E-state index contributed by atoms with van der Waals surface area (Å²) in [4.78, 5) is 19.4. The predicted molar refractivity (Wildman–Crippen MR) is 67.6 cm³/mol. The number of aromatic carboxylic acids is 1. The largest absolute Gasteiger partial charge is 0.478 e. The summed E-state index contributed by atoms with van der Waals surface area (Å²) >= 11 is 0. The van der Waals surface area contributed by atoms with Crippen molar-refractivity contribution >= 4 is 17.6 Å². The van der Waals surface area contributed by atoms with Crippen molar-refractivity contribution in [3.8, 4) is 11.3 Å². The lowest BCUT2D eigenvalue weighted by molar-refractivity contribution is 0.0697. The summed E-state index contributed by atoms with van der Waals surface area (Å²) in [6.45, 7) is 0. The van der Waals surface area contributed by atoms with Crippen molar-refractivity contribution in [1.82, 2.24) is 19.6 Å². The second kappa shape index (κ2) is 4.05. The molecule has 7 nitrogen and oxygen atoms in total. The molecule has 0 saturated heterocycles. The van der Waals surface area contributed by atoms with E-state index in [0.29, 0.717) is 16.9 Å². The van der Waals surface area contributed by atoms with Crippen LogP contribution >= 0.6 is 0 Å². The van der Waals surface area contributed by atoms with Crippen LogP contribution in [0.2, 0.25) is 0 Å². The van der Waals surface area contributed by atoms with E-state index in [-0.39, 0.29) is 11.5 Å². The molecule has 94 valence electrons. The minimum Gasteiger partial charge on any atom is -0.478 e. The minimum atomic E-state index is -1.05. The van der Waals surface area contributed by atoms with E-state index in [1.165, 1.54) is 10.6 Å². The molecule has 0 amide bonds. The molecule has 0 radical (unpaired) electrons. The average molecular weight is 255 g/mol. The van der Waals surface area contributed by atoms with Crippen molar-refractivity contribution in [2.45, 2.75) is 0 Å². The molecule has 3 heterocycles. The van der Waals surface area contributed by atoms with Gasteiger partial charge in [-0.25, -0.2) is 9.31 Å². The van der Waals surface area contributed by atoms with Gasteiger partial charge in [-0.2, -0.15) is 4.98 Å². The smallest absolute Gasteiger partial charge is 0.336 e. The number of nitrogen functional groups attached to an aromatic ring is 1. The highest BCUT2D eigenvalue weighted by molar-refractivity contribution is 5.96. The molecular formula is C12H9N5O2. The van der Waals surface area contributed by atoms with Gasteiger partial charge in [0.15, 0.2) is 5.65 Å². The number of carboxylic acid groups (broad SMARTS) is 1. The first-order chi connectivity index (χ1) is 9.15. The van der Waals surface area contributed by atoms with Crippen molar-refractivity contribution in [3.05, 3.63) is 42.2 Å². The first-order valence-corrected chi connectivity index (χ1v) is 5.46. The maximum atomic E-state index is 11.3. The predicted octanol–water partition coefficient (Wildman–Crippen LogP) is 1.07. The van der Waals surface area contributed by atoms with Gasteiger partial charge in [0, 0.05) is 18.0 Å². The van der Waals surface area contributed by atoms with Crippen LogP contribution in [0.1, 0.15) is 10.4 Å². The van der Waals surface area contributed by atoms with Crippen molar-refractivity contribution in [3.63, 3.8) is 0 Å². The fourth-order valence-electron chi connectivity index (χ4n) is 1.85. The maximum Gasteiger partial charge on any atom is 0.336 e. The van der Waals surface area contributed by atoms with E-state index >= 15 is 0 Å². The highest BCUT2D eigenvalue weighted by Crippen LogP contribution is 2.23. The number of carbonyl (C=O) groups is 1. The van der Waals surface area contributed by atoms with E-state index in [4.69, 9.17) is 5.73 Å². The first kappa shape index (κ1) is 11.1. The number of aromatic nitrogens is 4.